The zero-order chi connectivity index (χ0) is 23.9. The first-order chi connectivity index (χ1) is 16.5. The fourth-order valence-corrected chi connectivity index (χ4v) is 3.54. The van der Waals surface area contributed by atoms with Gasteiger partial charge in [-0.2, -0.15) is 0 Å². The highest BCUT2D eigenvalue weighted by molar-refractivity contribution is 6.00. The lowest BCUT2D eigenvalue weighted by atomic mass is 10.1. The lowest BCUT2D eigenvalue weighted by Crippen LogP contribution is -2.51. The Morgan fingerprint density at radius 1 is 0.618 bits per heavy atom. The Kier molecular flexibility index (Phi) is 7.02. The Balaban J connectivity index is 1.26. The molecular weight excluding hydrogens is 437 g/mol. The number of rotatable bonds is 4. The summed E-state index contributed by atoms with van der Waals surface area (Å²) in [5.74, 6) is -0.511. The van der Waals surface area contributed by atoms with Crippen molar-refractivity contribution >= 4 is 35.0 Å². The molecule has 8 nitrogen and oxygen atoms in total. The Bertz CT molecular complexity index is 1150. The van der Waals surface area contributed by atoms with Crippen LogP contribution in [0.1, 0.15) is 10.4 Å². The van der Waals surface area contributed by atoms with E-state index in [0.717, 1.165) is 0 Å². The van der Waals surface area contributed by atoms with Gasteiger partial charge >= 0.3 is 12.1 Å². The average molecular weight is 461 g/mol. The highest BCUT2D eigenvalue weighted by atomic mass is 19.1. The number of carbonyl (C=O) groups is 3. The number of halogens is 1. The predicted molar refractivity (Wildman–Crippen MR) is 128 cm³/mol. The molecule has 3 aromatic rings. The molecule has 1 aliphatic heterocycles. The molecule has 174 valence electrons. The van der Waals surface area contributed by atoms with Gasteiger partial charge in [0.2, 0.25) is 0 Å². The molecule has 0 atom stereocenters. The maximum absolute atomic E-state index is 13.0. The van der Waals surface area contributed by atoms with E-state index in [1.165, 1.54) is 24.3 Å². The SMILES string of the molecule is O=C(Nc1ccccc1)Nc1ccc(C(=O)N2CCN(C(=O)Nc3ccc(F)cc3)CC2)cc1. The number of hydrogen-bond acceptors (Lipinski definition) is 3. The predicted octanol–water partition coefficient (Wildman–Crippen LogP) is 4.46. The van der Waals surface area contributed by atoms with Crippen molar-refractivity contribution in [1.82, 2.24) is 9.80 Å². The molecule has 0 spiro atoms. The van der Waals surface area contributed by atoms with Crippen molar-refractivity contribution in [3.8, 4) is 0 Å². The van der Waals surface area contributed by atoms with Gasteiger partial charge in [-0.1, -0.05) is 18.2 Å². The van der Waals surface area contributed by atoms with Crippen molar-refractivity contribution < 1.29 is 18.8 Å². The number of para-hydroxylation sites is 1. The average Bonchev–Trinajstić information content (AvgIpc) is 2.86. The van der Waals surface area contributed by atoms with Crippen molar-refractivity contribution in [3.63, 3.8) is 0 Å². The number of piperazine rings is 1. The minimum Gasteiger partial charge on any atom is -0.335 e. The lowest BCUT2D eigenvalue weighted by molar-refractivity contribution is 0.0671. The van der Waals surface area contributed by atoms with E-state index in [1.54, 1.807) is 46.2 Å². The Hall–Kier alpha value is -4.40. The van der Waals surface area contributed by atoms with Gasteiger partial charge in [-0.3, -0.25) is 4.79 Å². The molecule has 0 saturated carbocycles. The van der Waals surface area contributed by atoms with Crippen LogP contribution < -0.4 is 16.0 Å². The minimum absolute atomic E-state index is 0.140. The van der Waals surface area contributed by atoms with Gasteiger partial charge < -0.3 is 25.8 Å². The molecular formula is C25H24FN5O3. The first-order valence-electron chi connectivity index (χ1n) is 10.8. The standard InChI is InChI=1S/C25H24FN5O3/c26-19-8-12-22(13-9-19)29-25(34)31-16-14-30(15-17-31)23(32)18-6-10-21(11-7-18)28-24(33)27-20-4-2-1-3-5-20/h1-13H,14-17H2,(H,29,34)(H2,27,28,33). The molecule has 4 rings (SSSR count). The molecule has 5 amide bonds. The van der Waals surface area contributed by atoms with Gasteiger partial charge in [-0.05, 0) is 60.7 Å². The van der Waals surface area contributed by atoms with Crippen LogP contribution in [0, 0.1) is 5.82 Å². The first kappa shape index (κ1) is 22.8. The molecule has 34 heavy (non-hydrogen) atoms. The van der Waals surface area contributed by atoms with Crippen molar-refractivity contribution in [2.75, 3.05) is 42.1 Å². The fraction of sp³-hybridized carbons (Fsp3) is 0.160. The molecule has 1 aliphatic rings. The van der Waals surface area contributed by atoms with Crippen molar-refractivity contribution in [2.45, 2.75) is 0 Å². The molecule has 3 N–H and O–H groups in total. The summed E-state index contributed by atoms with van der Waals surface area (Å²) in [7, 11) is 0. The molecule has 0 radical (unpaired) electrons. The number of nitrogens with one attached hydrogen (secondary N) is 3. The van der Waals surface area contributed by atoms with Crippen molar-refractivity contribution in [1.29, 1.82) is 0 Å². The van der Waals surface area contributed by atoms with Crippen LogP contribution in [0.5, 0.6) is 0 Å². The van der Waals surface area contributed by atoms with E-state index in [-0.39, 0.29) is 23.8 Å². The van der Waals surface area contributed by atoms with Crippen LogP contribution in [0.2, 0.25) is 0 Å². The molecule has 0 aromatic heterocycles. The van der Waals surface area contributed by atoms with Crippen LogP contribution >= 0.6 is 0 Å². The number of nitrogens with zero attached hydrogens (tertiary/aromatic N) is 2. The second kappa shape index (κ2) is 10.5. The van der Waals surface area contributed by atoms with Crippen LogP contribution in [-0.4, -0.2) is 53.9 Å². The highest BCUT2D eigenvalue weighted by Crippen LogP contribution is 2.15. The third kappa shape index (κ3) is 5.89. The number of benzene rings is 3. The molecule has 1 fully saturated rings. The molecule has 1 heterocycles. The highest BCUT2D eigenvalue weighted by Gasteiger charge is 2.25. The van der Waals surface area contributed by atoms with Crippen molar-refractivity contribution in [3.05, 3.63) is 90.2 Å². The minimum atomic E-state index is -0.375. The molecule has 0 unspecified atom stereocenters. The van der Waals surface area contributed by atoms with Crippen molar-refractivity contribution in [2.24, 2.45) is 0 Å². The maximum Gasteiger partial charge on any atom is 0.323 e. The summed E-state index contributed by atoms with van der Waals surface area (Å²) in [6, 6.07) is 20.6. The van der Waals surface area contributed by atoms with Gasteiger partial charge in [0.1, 0.15) is 5.82 Å². The van der Waals surface area contributed by atoms with Gasteiger partial charge in [0, 0.05) is 48.8 Å². The topological polar surface area (TPSA) is 93.8 Å². The summed E-state index contributed by atoms with van der Waals surface area (Å²) in [5.41, 5.74) is 2.25. The van der Waals surface area contributed by atoms with Gasteiger partial charge in [-0.15, -0.1) is 0 Å². The van der Waals surface area contributed by atoms with E-state index in [2.05, 4.69) is 16.0 Å². The van der Waals surface area contributed by atoms with E-state index in [0.29, 0.717) is 48.8 Å². The summed E-state index contributed by atoms with van der Waals surface area (Å²) in [4.78, 5) is 40.7. The maximum atomic E-state index is 13.0. The third-order valence-electron chi connectivity index (χ3n) is 5.37. The zero-order valence-electron chi connectivity index (χ0n) is 18.3. The Labute approximate surface area is 196 Å². The molecule has 0 bridgehead atoms. The summed E-state index contributed by atoms with van der Waals surface area (Å²) < 4.78 is 13.0. The van der Waals surface area contributed by atoms with Gasteiger partial charge in [-0.25, -0.2) is 14.0 Å². The number of amides is 5. The van der Waals surface area contributed by atoms with Crippen LogP contribution in [0.25, 0.3) is 0 Å². The Morgan fingerprint density at radius 3 is 1.74 bits per heavy atom. The van der Waals surface area contributed by atoms with Crippen LogP contribution in [0.15, 0.2) is 78.9 Å². The quantitative estimate of drug-likeness (QED) is 0.536. The molecule has 9 heteroatoms. The number of hydrogen-bond donors (Lipinski definition) is 3. The summed E-state index contributed by atoms with van der Waals surface area (Å²) in [6.45, 7) is 1.57. The van der Waals surface area contributed by atoms with Crippen LogP contribution in [0.4, 0.5) is 31.0 Å². The van der Waals surface area contributed by atoms with E-state index in [9.17, 15) is 18.8 Å². The normalized spacial score (nSPS) is 13.2. The number of carbonyl (C=O) groups excluding carboxylic acids is 3. The summed E-state index contributed by atoms with van der Waals surface area (Å²) in [5, 5.41) is 8.19. The largest absolute Gasteiger partial charge is 0.335 e. The van der Waals surface area contributed by atoms with Gasteiger partial charge in [0.25, 0.3) is 5.91 Å². The van der Waals surface area contributed by atoms with E-state index < -0.39 is 0 Å². The number of urea groups is 2. The molecule has 1 saturated heterocycles. The summed E-state index contributed by atoms with van der Waals surface area (Å²) >= 11 is 0. The lowest BCUT2D eigenvalue weighted by Gasteiger charge is -2.34. The molecule has 3 aromatic carbocycles. The fourth-order valence-electron chi connectivity index (χ4n) is 3.54. The van der Waals surface area contributed by atoms with Crippen LogP contribution in [0.3, 0.4) is 0 Å². The smallest absolute Gasteiger partial charge is 0.323 e. The monoisotopic (exact) mass is 461 g/mol. The summed E-state index contributed by atoms with van der Waals surface area (Å²) in [6.07, 6.45) is 0. The van der Waals surface area contributed by atoms with E-state index in [1.807, 2.05) is 18.2 Å². The second-order valence-electron chi connectivity index (χ2n) is 7.74. The van der Waals surface area contributed by atoms with Crippen LogP contribution in [-0.2, 0) is 0 Å². The van der Waals surface area contributed by atoms with Gasteiger partial charge in [0.15, 0.2) is 0 Å². The first-order valence-corrected chi connectivity index (χ1v) is 10.8. The van der Waals surface area contributed by atoms with E-state index >= 15 is 0 Å². The molecule has 0 aliphatic carbocycles. The third-order valence-corrected chi connectivity index (χ3v) is 5.37. The number of anilines is 3. The van der Waals surface area contributed by atoms with E-state index in [4.69, 9.17) is 0 Å². The van der Waals surface area contributed by atoms with Gasteiger partial charge in [0.05, 0.1) is 0 Å². The zero-order valence-corrected chi connectivity index (χ0v) is 18.3. The second-order valence-corrected chi connectivity index (χ2v) is 7.74. The Morgan fingerprint density at radius 2 is 1.12 bits per heavy atom.